The molecule has 1 aromatic carbocycles. The van der Waals surface area contributed by atoms with Gasteiger partial charge in [0.15, 0.2) is 9.84 Å². The van der Waals surface area contributed by atoms with Gasteiger partial charge in [0.25, 0.3) is 0 Å². The number of benzene rings is 1. The molecule has 0 spiro atoms. The Morgan fingerprint density at radius 1 is 1.12 bits per heavy atom. The molecule has 0 aromatic heterocycles. The van der Waals surface area contributed by atoms with Crippen LogP contribution in [0.25, 0.3) is 0 Å². The van der Waals surface area contributed by atoms with E-state index in [4.69, 9.17) is 0 Å². The van der Waals surface area contributed by atoms with Gasteiger partial charge in [-0.15, -0.1) is 0 Å². The third-order valence-corrected chi connectivity index (χ3v) is 6.88. The summed E-state index contributed by atoms with van der Waals surface area (Å²) in [5, 5.41) is 0. The fourth-order valence-corrected chi connectivity index (χ4v) is 5.21. The Bertz CT molecular complexity index is 520. The van der Waals surface area contributed by atoms with E-state index < -0.39 is 20.1 Å². The zero-order valence-corrected chi connectivity index (χ0v) is 11.6. The summed E-state index contributed by atoms with van der Waals surface area (Å²) in [5.74, 6) is 0.198. The lowest BCUT2D eigenvalue weighted by atomic mass is 9.78. The molecule has 4 heteroatoms. The van der Waals surface area contributed by atoms with E-state index in [0.29, 0.717) is 0 Å². The Balaban J connectivity index is 2.60. The van der Waals surface area contributed by atoms with Crippen molar-refractivity contribution in [3.05, 3.63) is 35.9 Å². The molecular formula is C13H19NO2S. The van der Waals surface area contributed by atoms with Crippen LogP contribution >= 0.6 is 0 Å². The quantitative estimate of drug-likeness (QED) is 0.804. The van der Waals surface area contributed by atoms with Crippen LogP contribution in [0.4, 0.5) is 0 Å². The summed E-state index contributed by atoms with van der Waals surface area (Å²) in [7, 11) is 0.894. The van der Waals surface area contributed by atoms with E-state index in [1.165, 1.54) is 0 Å². The Kier molecular flexibility index (Phi) is 2.64. The molecule has 1 aliphatic heterocycles. The van der Waals surface area contributed by atoms with Crippen LogP contribution in [0.5, 0.6) is 0 Å². The minimum atomic E-state index is -3.00. The van der Waals surface area contributed by atoms with Gasteiger partial charge in [0.05, 0.1) is 16.0 Å². The number of hydrogen-bond acceptors (Lipinski definition) is 3. The molecule has 1 saturated heterocycles. The van der Waals surface area contributed by atoms with Gasteiger partial charge < -0.3 is 0 Å². The molecule has 0 amide bonds. The number of sulfone groups is 1. The Hall–Kier alpha value is -0.870. The topological polar surface area (TPSA) is 37.4 Å². The third-order valence-electron chi connectivity index (χ3n) is 4.19. The molecule has 0 N–H and O–H groups in total. The fourth-order valence-electron chi connectivity index (χ4n) is 2.88. The first kappa shape index (κ1) is 12.6. The normalized spacial score (nSPS) is 29.9. The van der Waals surface area contributed by atoms with E-state index in [-0.39, 0.29) is 5.75 Å². The standard InChI is InChI=1S/C13H19NO2S/c1-12(2)13(14(3)4,10-17(12,15)16)11-8-6-5-7-9-11/h5-9H,10H2,1-4H3/t13-/m1/s1. The van der Waals surface area contributed by atoms with Crippen LogP contribution in [0, 0.1) is 0 Å². The van der Waals surface area contributed by atoms with Crippen molar-refractivity contribution < 1.29 is 8.42 Å². The van der Waals surface area contributed by atoms with E-state index in [1.54, 1.807) is 0 Å². The van der Waals surface area contributed by atoms with E-state index in [2.05, 4.69) is 0 Å². The van der Waals surface area contributed by atoms with Crippen molar-refractivity contribution in [1.82, 2.24) is 4.90 Å². The van der Waals surface area contributed by atoms with Gasteiger partial charge in [0, 0.05) is 0 Å². The van der Waals surface area contributed by atoms with Gasteiger partial charge in [-0.25, -0.2) is 8.42 Å². The van der Waals surface area contributed by atoms with E-state index >= 15 is 0 Å². The van der Waals surface area contributed by atoms with Gasteiger partial charge in [0.2, 0.25) is 0 Å². The smallest absolute Gasteiger partial charge is 0.159 e. The van der Waals surface area contributed by atoms with Crippen LogP contribution in [0.3, 0.4) is 0 Å². The van der Waals surface area contributed by atoms with Gasteiger partial charge in [-0.2, -0.15) is 0 Å². The number of nitrogens with zero attached hydrogens (tertiary/aromatic N) is 1. The molecule has 1 aromatic rings. The molecule has 1 fully saturated rings. The summed E-state index contributed by atoms with van der Waals surface area (Å²) in [6, 6.07) is 9.89. The highest BCUT2D eigenvalue weighted by molar-refractivity contribution is 7.94. The monoisotopic (exact) mass is 253 g/mol. The summed E-state index contributed by atoms with van der Waals surface area (Å²) in [4.78, 5) is 2.03. The summed E-state index contributed by atoms with van der Waals surface area (Å²) in [6.45, 7) is 3.64. The second-order valence-electron chi connectivity index (χ2n) is 5.39. The van der Waals surface area contributed by atoms with Gasteiger partial charge in [-0.1, -0.05) is 30.3 Å². The number of hydrogen-bond donors (Lipinski definition) is 0. The average Bonchev–Trinajstić information content (AvgIpc) is 2.26. The van der Waals surface area contributed by atoms with Crippen LogP contribution < -0.4 is 0 Å². The average molecular weight is 253 g/mol. The summed E-state index contributed by atoms with van der Waals surface area (Å²) in [6.07, 6.45) is 0. The van der Waals surface area contributed by atoms with Gasteiger partial charge in [-0.05, 0) is 33.5 Å². The van der Waals surface area contributed by atoms with Crippen LogP contribution in [-0.2, 0) is 15.4 Å². The third kappa shape index (κ3) is 1.40. The van der Waals surface area contributed by atoms with Gasteiger partial charge in [0.1, 0.15) is 0 Å². The zero-order chi connectivity index (χ0) is 12.9. The first-order chi connectivity index (χ1) is 7.76. The largest absolute Gasteiger partial charge is 0.298 e. The molecule has 1 heterocycles. The van der Waals surface area contributed by atoms with Gasteiger partial charge in [-0.3, -0.25) is 4.90 Å². The van der Waals surface area contributed by atoms with Crippen molar-refractivity contribution in [1.29, 1.82) is 0 Å². The molecule has 3 nitrogen and oxygen atoms in total. The lowest BCUT2D eigenvalue weighted by Gasteiger charge is -2.58. The first-order valence-corrected chi connectivity index (χ1v) is 7.36. The molecule has 2 rings (SSSR count). The lowest BCUT2D eigenvalue weighted by Crippen LogP contribution is -2.73. The fraction of sp³-hybridized carbons (Fsp3) is 0.538. The maximum Gasteiger partial charge on any atom is 0.159 e. The molecule has 0 aliphatic carbocycles. The van der Waals surface area contributed by atoms with Crippen LogP contribution in [0.2, 0.25) is 0 Å². The zero-order valence-electron chi connectivity index (χ0n) is 10.8. The second-order valence-corrected chi connectivity index (χ2v) is 7.93. The van der Waals surface area contributed by atoms with Gasteiger partial charge >= 0.3 is 0 Å². The van der Waals surface area contributed by atoms with Crippen molar-refractivity contribution in [2.75, 3.05) is 19.8 Å². The Morgan fingerprint density at radius 2 is 1.65 bits per heavy atom. The van der Waals surface area contributed by atoms with Crippen LogP contribution in [-0.4, -0.2) is 37.9 Å². The second kappa shape index (κ2) is 3.56. The number of rotatable bonds is 2. The molecular weight excluding hydrogens is 234 g/mol. The molecule has 0 radical (unpaired) electrons. The molecule has 0 saturated carbocycles. The Labute approximate surface area is 103 Å². The van der Waals surface area contributed by atoms with Crippen LogP contribution in [0.15, 0.2) is 30.3 Å². The summed E-state index contributed by atoms with van der Waals surface area (Å²) in [5.41, 5.74) is 0.664. The maximum absolute atomic E-state index is 12.0. The molecule has 94 valence electrons. The minimum Gasteiger partial charge on any atom is -0.298 e. The van der Waals surface area contributed by atoms with E-state index in [1.807, 2.05) is 63.2 Å². The highest BCUT2D eigenvalue weighted by Crippen LogP contribution is 2.52. The van der Waals surface area contributed by atoms with Crippen molar-refractivity contribution in [3.63, 3.8) is 0 Å². The molecule has 1 atom stereocenters. The molecule has 0 unspecified atom stereocenters. The van der Waals surface area contributed by atoms with Crippen molar-refractivity contribution >= 4 is 9.84 Å². The maximum atomic E-state index is 12.0. The first-order valence-electron chi connectivity index (χ1n) is 5.71. The Morgan fingerprint density at radius 3 is 2.00 bits per heavy atom. The highest BCUT2D eigenvalue weighted by atomic mass is 32.2. The molecule has 17 heavy (non-hydrogen) atoms. The van der Waals surface area contributed by atoms with E-state index in [9.17, 15) is 8.42 Å². The predicted octanol–water partition coefficient (Wildman–Crippen LogP) is 1.65. The van der Waals surface area contributed by atoms with E-state index in [0.717, 1.165) is 5.56 Å². The lowest BCUT2D eigenvalue weighted by molar-refractivity contribution is 0.105. The SMILES string of the molecule is CN(C)[C@@]1(c2ccccc2)CS(=O)(=O)C1(C)C. The summed E-state index contributed by atoms with van der Waals surface area (Å²) < 4.78 is 23.3. The summed E-state index contributed by atoms with van der Waals surface area (Å²) >= 11 is 0. The minimum absolute atomic E-state index is 0.198. The molecule has 1 aliphatic rings. The van der Waals surface area contributed by atoms with Crippen molar-refractivity contribution in [3.8, 4) is 0 Å². The highest BCUT2D eigenvalue weighted by Gasteiger charge is 2.66. The molecule has 0 bridgehead atoms. The van der Waals surface area contributed by atoms with Crippen molar-refractivity contribution in [2.45, 2.75) is 24.1 Å². The van der Waals surface area contributed by atoms with Crippen molar-refractivity contribution in [2.24, 2.45) is 0 Å². The van der Waals surface area contributed by atoms with Crippen LogP contribution in [0.1, 0.15) is 19.4 Å². The predicted molar refractivity (Wildman–Crippen MR) is 69.7 cm³/mol.